The molecular formula is C8H16N4O4. The molecule has 10 N–H and O–H groups in total. The van der Waals surface area contributed by atoms with Crippen LogP contribution in [0.15, 0.2) is 24.3 Å². The van der Waals surface area contributed by atoms with E-state index in [4.69, 9.17) is 15.0 Å². The van der Waals surface area contributed by atoms with Crippen molar-refractivity contribution in [3.63, 3.8) is 0 Å². The molecular weight excluding hydrogens is 216 g/mol. The second kappa shape index (κ2) is 13.0. The molecule has 92 valence electrons. The number of carbonyl (C=O) groups excluding carboxylic acids is 1. The van der Waals surface area contributed by atoms with Gasteiger partial charge in [-0.1, -0.05) is 12.1 Å². The van der Waals surface area contributed by atoms with Crippen LogP contribution in [-0.4, -0.2) is 23.0 Å². The van der Waals surface area contributed by atoms with E-state index in [0.717, 1.165) is 0 Å². The largest absolute Gasteiger partial charge is 0.507 e. The van der Waals surface area contributed by atoms with Crippen LogP contribution in [0.25, 0.3) is 0 Å². The van der Waals surface area contributed by atoms with Gasteiger partial charge in [-0.15, -0.1) is 0 Å². The topological polar surface area (TPSA) is 174 Å². The lowest BCUT2D eigenvalue weighted by molar-refractivity contribution is -0.0980. The molecule has 0 atom stereocenters. The van der Waals surface area contributed by atoms with Gasteiger partial charge in [-0.2, -0.15) is 5.53 Å². The number of aromatic hydroxyl groups is 1. The maximum Gasteiger partial charge on any atom is 0.339 e. The Hall–Kier alpha value is -2.00. The number of aromatic carboxylic acids is 1. The van der Waals surface area contributed by atoms with E-state index in [0.29, 0.717) is 0 Å². The number of rotatable bonds is 1. The first-order valence-corrected chi connectivity index (χ1v) is 3.59. The van der Waals surface area contributed by atoms with Crippen molar-refractivity contribution < 1.29 is 19.8 Å². The van der Waals surface area contributed by atoms with Crippen LogP contribution in [0.3, 0.4) is 0 Å². The minimum Gasteiger partial charge on any atom is -0.507 e. The SMILES string of the molecule is C=O.N.NNN.O=C(O)c1ccccc1O. The quantitative estimate of drug-likeness (QED) is 0.274. The average molecular weight is 232 g/mol. The summed E-state index contributed by atoms with van der Waals surface area (Å²) in [6.45, 7) is 2.00. The van der Waals surface area contributed by atoms with Gasteiger partial charge in [-0.25, -0.2) is 4.79 Å². The van der Waals surface area contributed by atoms with Crippen molar-refractivity contribution in [2.75, 3.05) is 0 Å². The van der Waals surface area contributed by atoms with Gasteiger partial charge in [0.05, 0.1) is 0 Å². The van der Waals surface area contributed by atoms with Gasteiger partial charge < -0.3 is 21.2 Å². The van der Waals surface area contributed by atoms with Gasteiger partial charge in [-0.05, 0) is 12.1 Å². The molecule has 0 fully saturated rings. The first-order valence-electron chi connectivity index (χ1n) is 3.59. The second-order valence-corrected chi connectivity index (χ2v) is 1.99. The highest BCUT2D eigenvalue weighted by atomic mass is 16.4. The third-order valence-electron chi connectivity index (χ3n) is 1.13. The van der Waals surface area contributed by atoms with Crippen LogP contribution in [0.5, 0.6) is 5.75 Å². The standard InChI is InChI=1S/C7H6O3.CH2O.H5N3.H3N/c8-6-4-2-1-3-5(6)7(9)10;1-2;1-3-2;/h1-4,8H,(H,9,10);1H2;3H,1-2H2;1H3. The van der Waals surface area contributed by atoms with E-state index in [1.54, 1.807) is 17.7 Å². The third-order valence-corrected chi connectivity index (χ3v) is 1.13. The number of carbonyl (C=O) groups is 2. The smallest absolute Gasteiger partial charge is 0.339 e. The molecule has 0 unspecified atom stereocenters. The Morgan fingerprint density at radius 2 is 1.62 bits per heavy atom. The second-order valence-electron chi connectivity index (χ2n) is 1.99. The van der Waals surface area contributed by atoms with E-state index < -0.39 is 5.97 Å². The lowest BCUT2D eigenvalue weighted by Gasteiger charge is -1.95. The van der Waals surface area contributed by atoms with Crippen LogP contribution in [0.2, 0.25) is 0 Å². The van der Waals surface area contributed by atoms with Crippen molar-refractivity contribution in [2.24, 2.45) is 11.7 Å². The summed E-state index contributed by atoms with van der Waals surface area (Å²) in [5, 5.41) is 17.3. The van der Waals surface area contributed by atoms with E-state index >= 15 is 0 Å². The highest BCUT2D eigenvalue weighted by molar-refractivity contribution is 5.90. The van der Waals surface area contributed by atoms with Crippen LogP contribution in [0, 0.1) is 0 Å². The first kappa shape index (κ1) is 19.6. The normalized spacial score (nSPS) is 7.12. The number of hydrogen-bond acceptors (Lipinski definition) is 7. The fraction of sp³-hybridized carbons (Fsp3) is 0. The molecule has 1 aromatic rings. The summed E-state index contributed by atoms with van der Waals surface area (Å²) in [5.41, 5.74) is 1.68. The molecule has 0 aliphatic heterocycles. The van der Waals surface area contributed by atoms with E-state index in [1.165, 1.54) is 12.1 Å². The molecule has 1 rings (SSSR count). The summed E-state index contributed by atoms with van der Waals surface area (Å²) in [4.78, 5) is 18.3. The van der Waals surface area contributed by atoms with Crippen molar-refractivity contribution in [1.82, 2.24) is 11.7 Å². The fourth-order valence-electron chi connectivity index (χ4n) is 0.654. The lowest BCUT2D eigenvalue weighted by atomic mass is 10.2. The zero-order valence-electron chi connectivity index (χ0n) is 8.59. The summed E-state index contributed by atoms with van der Waals surface area (Å²) in [6.07, 6.45) is 0. The fourth-order valence-corrected chi connectivity index (χ4v) is 0.654. The summed E-state index contributed by atoms with van der Waals surface area (Å²) in [5.74, 6) is 7.44. The predicted octanol–water partition coefficient (Wildman–Crippen LogP) is -0.609. The molecule has 0 bridgehead atoms. The molecule has 0 spiro atoms. The number of phenols is 1. The Balaban J connectivity index is -0.000000246. The zero-order chi connectivity index (χ0) is 12.3. The highest BCUT2D eigenvalue weighted by Crippen LogP contribution is 2.14. The minimum atomic E-state index is -1.11. The van der Waals surface area contributed by atoms with Crippen LogP contribution in [0.4, 0.5) is 0 Å². The van der Waals surface area contributed by atoms with Gasteiger partial charge in [-0.3, -0.25) is 11.7 Å². The van der Waals surface area contributed by atoms with Gasteiger partial charge in [0.2, 0.25) is 0 Å². The Morgan fingerprint density at radius 3 is 1.88 bits per heavy atom. The summed E-state index contributed by atoms with van der Waals surface area (Å²) >= 11 is 0. The van der Waals surface area contributed by atoms with Gasteiger partial charge in [0, 0.05) is 0 Å². The molecule has 0 radical (unpaired) electrons. The number of carboxylic acid groups (broad SMARTS) is 1. The molecule has 0 aliphatic rings. The average Bonchev–Trinajstić information content (AvgIpc) is 2.22. The first-order chi connectivity index (χ1) is 7.13. The molecule has 0 saturated carbocycles. The monoisotopic (exact) mass is 232 g/mol. The Kier molecular flexibility index (Phi) is 15.9. The van der Waals surface area contributed by atoms with Gasteiger partial charge in [0.1, 0.15) is 18.1 Å². The predicted molar refractivity (Wildman–Crippen MR) is 58.7 cm³/mol. The Morgan fingerprint density at radius 1 is 1.25 bits per heavy atom. The number of para-hydroxylation sites is 1. The van der Waals surface area contributed by atoms with Crippen molar-refractivity contribution in [3.05, 3.63) is 29.8 Å². The highest BCUT2D eigenvalue weighted by Gasteiger charge is 2.05. The van der Waals surface area contributed by atoms with Gasteiger partial charge in [0.25, 0.3) is 0 Å². The Bertz CT molecular complexity index is 295. The van der Waals surface area contributed by atoms with Crippen LogP contribution in [-0.2, 0) is 4.79 Å². The third kappa shape index (κ3) is 8.59. The number of nitrogens with one attached hydrogen (secondary N) is 1. The lowest BCUT2D eigenvalue weighted by Crippen LogP contribution is -2.29. The van der Waals surface area contributed by atoms with Crippen LogP contribution >= 0.6 is 0 Å². The Labute approximate surface area is 92.4 Å². The van der Waals surface area contributed by atoms with E-state index in [1.807, 2.05) is 6.79 Å². The van der Waals surface area contributed by atoms with Crippen molar-refractivity contribution >= 4 is 12.8 Å². The number of nitrogens with two attached hydrogens (primary N) is 2. The number of carboxylic acids is 1. The van der Waals surface area contributed by atoms with Crippen molar-refractivity contribution in [3.8, 4) is 5.75 Å². The molecule has 0 heterocycles. The summed E-state index contributed by atoms with van der Waals surface area (Å²) in [7, 11) is 0. The maximum absolute atomic E-state index is 10.3. The number of hydrazine groups is 2. The molecule has 1 aromatic carbocycles. The summed E-state index contributed by atoms with van der Waals surface area (Å²) < 4.78 is 0. The number of benzene rings is 1. The van der Waals surface area contributed by atoms with Crippen molar-refractivity contribution in [2.45, 2.75) is 0 Å². The van der Waals surface area contributed by atoms with E-state index in [-0.39, 0.29) is 17.5 Å². The van der Waals surface area contributed by atoms with E-state index in [9.17, 15) is 4.79 Å². The van der Waals surface area contributed by atoms with Gasteiger partial charge in [0.15, 0.2) is 0 Å². The van der Waals surface area contributed by atoms with Crippen LogP contribution < -0.4 is 23.4 Å². The molecule has 0 aliphatic carbocycles. The number of hydrogen-bond donors (Lipinski definition) is 6. The maximum atomic E-state index is 10.3. The minimum absolute atomic E-state index is 0. The molecule has 8 heteroatoms. The van der Waals surface area contributed by atoms with E-state index in [2.05, 4.69) is 11.7 Å². The molecule has 0 amide bonds. The molecule has 0 aromatic heterocycles. The van der Waals surface area contributed by atoms with Gasteiger partial charge >= 0.3 is 5.97 Å². The summed E-state index contributed by atoms with van der Waals surface area (Å²) in [6, 6.07) is 5.81. The molecule has 16 heavy (non-hydrogen) atoms. The molecule has 8 nitrogen and oxygen atoms in total. The van der Waals surface area contributed by atoms with Crippen molar-refractivity contribution in [1.29, 1.82) is 0 Å². The molecule has 0 saturated heterocycles. The van der Waals surface area contributed by atoms with Crippen LogP contribution in [0.1, 0.15) is 10.4 Å². The zero-order valence-corrected chi connectivity index (χ0v) is 8.59.